The number of nitrogen functional groups attached to an aromatic ring is 1. The number of allylic oxidation sites excluding steroid dienone is 1. The molecule has 2 atom stereocenters. The number of nitrogens with one attached hydrogen (secondary N) is 1. The number of thioether (sulfide) groups is 1. The zero-order valence-corrected chi connectivity index (χ0v) is 28.9. The van der Waals surface area contributed by atoms with E-state index >= 15 is 0 Å². The Morgan fingerprint density at radius 2 is 1.78 bits per heavy atom. The van der Waals surface area contributed by atoms with E-state index in [0.29, 0.717) is 17.7 Å². The zero-order valence-electron chi connectivity index (χ0n) is 27.3. The molecule has 2 amide bonds. The van der Waals surface area contributed by atoms with Crippen molar-refractivity contribution in [2.24, 2.45) is 5.16 Å². The van der Waals surface area contributed by atoms with Gasteiger partial charge >= 0.3 is 11.9 Å². The Hall–Kier alpha value is -4.95. The maximum absolute atomic E-state index is 13.9. The molecule has 3 N–H and O–H groups in total. The molecule has 0 saturated carbocycles. The van der Waals surface area contributed by atoms with E-state index in [1.165, 1.54) is 22.7 Å². The van der Waals surface area contributed by atoms with Crippen molar-refractivity contribution in [1.29, 1.82) is 0 Å². The van der Waals surface area contributed by atoms with Crippen molar-refractivity contribution in [3.8, 4) is 0 Å². The Balaban J connectivity index is 1.29. The quantitative estimate of drug-likeness (QED) is 0.0836. The molecule has 0 aliphatic carbocycles. The summed E-state index contributed by atoms with van der Waals surface area (Å²) in [6, 6.07) is 17.7. The predicted molar refractivity (Wildman–Crippen MR) is 187 cm³/mol. The number of hydrogen-bond donors (Lipinski definition) is 2. The SMILES string of the molecule is C=CC1=C(C(=O)OC(c2ccccc2)c2ccccc2)N2C(=O)C(NC(=O)C(=NOCCCC(=O)OC(C)(C)C)c3csc(N)n3)[C@H]2SC1. The number of fused-ring (bicyclic) bond motifs is 1. The van der Waals surface area contributed by atoms with Crippen LogP contribution in [-0.2, 0) is 33.5 Å². The number of nitrogens with zero attached hydrogens (tertiary/aromatic N) is 3. The molecule has 1 unspecified atom stereocenters. The van der Waals surface area contributed by atoms with E-state index < -0.39 is 40.9 Å². The fourth-order valence-electron chi connectivity index (χ4n) is 5.13. The van der Waals surface area contributed by atoms with Gasteiger partial charge in [-0.05, 0) is 43.9 Å². The van der Waals surface area contributed by atoms with Gasteiger partial charge in [0, 0.05) is 17.6 Å². The second-order valence-corrected chi connectivity index (χ2v) is 14.1. The number of amides is 2. The van der Waals surface area contributed by atoms with Gasteiger partial charge in [-0.15, -0.1) is 23.1 Å². The minimum atomic E-state index is -0.973. The molecule has 3 heterocycles. The van der Waals surface area contributed by atoms with Gasteiger partial charge in [0.2, 0.25) is 0 Å². The first-order valence-corrected chi connectivity index (χ1v) is 17.4. The number of oxime groups is 1. The molecule has 2 aliphatic rings. The number of nitrogens with two attached hydrogens (primary N) is 1. The molecule has 256 valence electrons. The molecule has 49 heavy (non-hydrogen) atoms. The number of ether oxygens (including phenoxy) is 2. The average Bonchev–Trinajstić information content (AvgIpc) is 3.52. The van der Waals surface area contributed by atoms with Gasteiger partial charge in [-0.1, -0.05) is 78.5 Å². The third-order valence-corrected chi connectivity index (χ3v) is 9.30. The van der Waals surface area contributed by atoms with Crippen LogP contribution in [0.4, 0.5) is 5.13 Å². The van der Waals surface area contributed by atoms with Crippen LogP contribution in [0.1, 0.15) is 56.5 Å². The van der Waals surface area contributed by atoms with Crippen molar-refractivity contribution in [1.82, 2.24) is 15.2 Å². The summed E-state index contributed by atoms with van der Waals surface area (Å²) in [5.41, 5.74) is 7.35. The Bertz CT molecular complexity index is 1730. The number of benzene rings is 2. The molecular formula is C35H37N5O7S2. The van der Waals surface area contributed by atoms with E-state index in [2.05, 4.69) is 22.0 Å². The number of thiazole rings is 1. The van der Waals surface area contributed by atoms with E-state index in [-0.39, 0.29) is 41.2 Å². The standard InChI is InChI=1S/C35H37N5O7S2/c1-5-21-19-48-32-27(38-30(42)26(24-20-49-34(36)37-24)39-45-18-12-17-25(41)47-35(2,3)4)31(43)40(32)28(21)33(44)46-29(22-13-8-6-9-14-22)23-15-10-7-11-16-23/h5-11,13-16,20,27,29,32H,1,12,17-19H2,2-4H3,(H2,36,37)(H,38,42)/t27?,32-/m1/s1. The lowest BCUT2D eigenvalue weighted by Crippen LogP contribution is -2.71. The van der Waals surface area contributed by atoms with Crippen LogP contribution < -0.4 is 11.1 Å². The van der Waals surface area contributed by atoms with E-state index in [0.717, 1.165) is 22.5 Å². The summed E-state index contributed by atoms with van der Waals surface area (Å²) in [4.78, 5) is 63.9. The summed E-state index contributed by atoms with van der Waals surface area (Å²) in [5.74, 6) is -1.91. The lowest BCUT2D eigenvalue weighted by Gasteiger charge is -2.49. The second-order valence-electron chi connectivity index (χ2n) is 12.1. The Kier molecular flexibility index (Phi) is 11.2. The van der Waals surface area contributed by atoms with E-state index in [9.17, 15) is 19.2 Å². The molecule has 0 bridgehead atoms. The van der Waals surface area contributed by atoms with Gasteiger partial charge in [-0.3, -0.25) is 19.3 Å². The summed E-state index contributed by atoms with van der Waals surface area (Å²) in [6.45, 7) is 9.22. The number of carbonyl (C=O) groups excluding carboxylic acids is 4. The highest BCUT2D eigenvalue weighted by atomic mass is 32.2. The molecule has 1 aromatic heterocycles. The molecule has 0 radical (unpaired) electrons. The van der Waals surface area contributed by atoms with Crippen molar-refractivity contribution < 1.29 is 33.5 Å². The molecular weight excluding hydrogens is 667 g/mol. The van der Waals surface area contributed by atoms with Gasteiger partial charge < -0.3 is 25.4 Å². The summed E-state index contributed by atoms with van der Waals surface area (Å²) in [5, 5.41) is 7.89. The van der Waals surface area contributed by atoms with Crippen LogP contribution in [0.25, 0.3) is 0 Å². The van der Waals surface area contributed by atoms with Crippen molar-refractivity contribution in [3.63, 3.8) is 0 Å². The summed E-state index contributed by atoms with van der Waals surface area (Å²) >= 11 is 2.49. The first-order valence-electron chi connectivity index (χ1n) is 15.5. The Morgan fingerprint density at radius 3 is 2.35 bits per heavy atom. The highest BCUT2D eigenvalue weighted by Gasteiger charge is 2.54. The lowest BCUT2D eigenvalue weighted by atomic mass is 10.0. The fourth-order valence-corrected chi connectivity index (χ4v) is 7.02. The predicted octanol–water partition coefficient (Wildman–Crippen LogP) is 4.74. The average molecular weight is 704 g/mol. The topological polar surface area (TPSA) is 163 Å². The van der Waals surface area contributed by atoms with Gasteiger partial charge in [0.15, 0.2) is 16.9 Å². The highest BCUT2D eigenvalue weighted by molar-refractivity contribution is 8.00. The third kappa shape index (κ3) is 8.56. The van der Waals surface area contributed by atoms with E-state index in [1.807, 2.05) is 60.7 Å². The highest BCUT2D eigenvalue weighted by Crippen LogP contribution is 2.42. The molecule has 1 fully saturated rings. The number of anilines is 1. The maximum atomic E-state index is 13.9. The van der Waals surface area contributed by atoms with Crippen LogP contribution in [0.15, 0.2) is 95.1 Å². The number of hydrogen-bond acceptors (Lipinski definition) is 12. The van der Waals surface area contributed by atoms with Crippen LogP contribution in [-0.4, -0.2) is 68.7 Å². The van der Waals surface area contributed by atoms with Gasteiger partial charge in [-0.2, -0.15) is 0 Å². The zero-order chi connectivity index (χ0) is 35.1. The van der Waals surface area contributed by atoms with Gasteiger partial charge in [-0.25, -0.2) is 9.78 Å². The van der Waals surface area contributed by atoms with Crippen LogP contribution in [0.2, 0.25) is 0 Å². The van der Waals surface area contributed by atoms with Crippen molar-refractivity contribution >= 4 is 57.7 Å². The van der Waals surface area contributed by atoms with Crippen molar-refractivity contribution in [3.05, 3.63) is 107 Å². The third-order valence-electron chi connectivity index (χ3n) is 7.33. The molecule has 0 spiro atoms. The largest absolute Gasteiger partial charge is 0.460 e. The normalized spacial score (nSPS) is 17.6. The first kappa shape index (κ1) is 35.4. The lowest BCUT2D eigenvalue weighted by molar-refractivity contribution is -0.155. The Labute approximate surface area is 292 Å². The summed E-state index contributed by atoms with van der Waals surface area (Å²) in [7, 11) is 0. The molecule has 14 heteroatoms. The van der Waals surface area contributed by atoms with Crippen LogP contribution in [0.3, 0.4) is 0 Å². The number of carbonyl (C=O) groups is 4. The van der Waals surface area contributed by atoms with E-state index in [4.69, 9.17) is 20.0 Å². The molecule has 1 saturated heterocycles. The number of β-lactam (4-membered cyclic amide) rings is 1. The molecule has 3 aromatic rings. The number of rotatable bonds is 13. The summed E-state index contributed by atoms with van der Waals surface area (Å²) in [6.07, 6.45) is 1.22. The molecule has 2 aliphatic heterocycles. The number of esters is 2. The first-order chi connectivity index (χ1) is 23.5. The monoisotopic (exact) mass is 703 g/mol. The maximum Gasteiger partial charge on any atom is 0.356 e. The van der Waals surface area contributed by atoms with Crippen LogP contribution >= 0.6 is 23.1 Å². The van der Waals surface area contributed by atoms with Gasteiger partial charge in [0.25, 0.3) is 11.8 Å². The van der Waals surface area contributed by atoms with E-state index in [1.54, 1.807) is 26.2 Å². The second kappa shape index (κ2) is 15.5. The number of aromatic nitrogens is 1. The minimum absolute atomic E-state index is 0.0256. The van der Waals surface area contributed by atoms with Crippen LogP contribution in [0, 0.1) is 0 Å². The minimum Gasteiger partial charge on any atom is -0.460 e. The molecule has 12 nitrogen and oxygen atoms in total. The smallest absolute Gasteiger partial charge is 0.356 e. The van der Waals surface area contributed by atoms with Crippen molar-refractivity contribution in [2.45, 2.75) is 56.7 Å². The fraction of sp³-hybridized carbons (Fsp3) is 0.314. The molecule has 2 aromatic carbocycles. The van der Waals surface area contributed by atoms with Gasteiger partial charge in [0.05, 0.1) is 0 Å². The summed E-state index contributed by atoms with van der Waals surface area (Å²) < 4.78 is 11.4. The van der Waals surface area contributed by atoms with Crippen LogP contribution in [0.5, 0.6) is 0 Å². The van der Waals surface area contributed by atoms with Crippen molar-refractivity contribution in [2.75, 3.05) is 18.1 Å². The van der Waals surface area contributed by atoms with Gasteiger partial charge in [0.1, 0.15) is 35.0 Å². The Morgan fingerprint density at radius 1 is 1.12 bits per heavy atom. The molecule has 5 rings (SSSR count).